The summed E-state index contributed by atoms with van der Waals surface area (Å²) in [5, 5.41) is 6.70. The summed E-state index contributed by atoms with van der Waals surface area (Å²) >= 11 is 0. The molecule has 0 amide bonds. The maximum absolute atomic E-state index is 6.70. The van der Waals surface area contributed by atoms with Gasteiger partial charge in [0, 0.05) is 0 Å². The van der Waals surface area contributed by atoms with Gasteiger partial charge in [-0.05, 0) is 6.92 Å². The first kappa shape index (κ1) is 9.50. The maximum Gasteiger partial charge on any atom is 0.210 e. The molecule has 7 heteroatoms. The second-order valence-corrected chi connectivity index (χ2v) is 1.79. The Morgan fingerprint density at radius 1 is 1.55 bits per heavy atom. The molecule has 0 saturated carbocycles. The molecule has 0 bridgehead atoms. The summed E-state index contributed by atoms with van der Waals surface area (Å²) in [5.41, 5.74) is 17.1. The van der Waals surface area contributed by atoms with Crippen LogP contribution < -0.4 is 22.7 Å². The maximum atomic E-state index is 6.70. The number of hydrogen-bond acceptors (Lipinski definition) is 3. The smallest absolute Gasteiger partial charge is 0.210 e. The molecule has 0 aromatic rings. The predicted molar refractivity (Wildman–Crippen MR) is 41.4 cm³/mol. The van der Waals surface area contributed by atoms with Crippen LogP contribution in [0.5, 0.6) is 0 Å². The highest BCUT2D eigenvalue weighted by Gasteiger charge is 1.98. The largest absolute Gasteiger partial charge is 0.370 e. The van der Waals surface area contributed by atoms with Crippen molar-refractivity contribution in [2.45, 2.75) is 13.2 Å². The van der Waals surface area contributed by atoms with Crippen molar-refractivity contribution in [2.24, 2.45) is 22.2 Å². The van der Waals surface area contributed by atoms with Crippen LogP contribution in [0.4, 0.5) is 0 Å². The van der Waals surface area contributed by atoms with E-state index in [0.29, 0.717) is 0 Å². The number of hydrogen-bond donors (Lipinski definition) is 5. The van der Waals surface area contributed by atoms with Gasteiger partial charge in [0.15, 0.2) is 12.2 Å². The average molecular weight is 160 g/mol. The molecule has 1 unspecified atom stereocenters. The van der Waals surface area contributed by atoms with E-state index < -0.39 is 6.23 Å². The van der Waals surface area contributed by atoms with E-state index in [1.807, 2.05) is 0 Å². The van der Waals surface area contributed by atoms with E-state index in [1.165, 1.54) is 0 Å². The molecule has 0 spiro atoms. The SMILES string of the molecule is CC(N=C(N)N)ONC(=N)N. The number of nitrogens with one attached hydrogen (secondary N) is 2. The first-order chi connectivity index (χ1) is 5.02. The zero-order chi connectivity index (χ0) is 8.85. The Bertz CT molecular complexity index is 162. The molecular formula is C4H12N6O. The molecule has 0 aliphatic rings. The van der Waals surface area contributed by atoms with Gasteiger partial charge in [0.2, 0.25) is 5.96 Å². The van der Waals surface area contributed by atoms with Crippen molar-refractivity contribution < 1.29 is 4.84 Å². The molecule has 0 aliphatic carbocycles. The molecule has 0 radical (unpaired) electrons. The highest BCUT2D eigenvalue weighted by Crippen LogP contribution is 1.86. The summed E-state index contributed by atoms with van der Waals surface area (Å²) in [6.07, 6.45) is -0.566. The highest BCUT2D eigenvalue weighted by atomic mass is 16.7. The van der Waals surface area contributed by atoms with Gasteiger partial charge >= 0.3 is 0 Å². The predicted octanol–water partition coefficient (Wildman–Crippen LogP) is -1.98. The van der Waals surface area contributed by atoms with Crippen molar-refractivity contribution >= 4 is 11.9 Å². The Balaban J connectivity index is 3.61. The van der Waals surface area contributed by atoms with Crippen LogP contribution in [-0.4, -0.2) is 18.1 Å². The fourth-order valence-corrected chi connectivity index (χ4v) is 0.385. The Labute approximate surface area is 64.1 Å². The second kappa shape index (κ2) is 4.34. The Morgan fingerprint density at radius 2 is 2.09 bits per heavy atom. The average Bonchev–Trinajstić information content (AvgIpc) is 1.82. The zero-order valence-corrected chi connectivity index (χ0v) is 6.16. The summed E-state index contributed by atoms with van der Waals surface area (Å²) in [6.45, 7) is 1.59. The normalized spacial score (nSPS) is 11.7. The molecule has 0 aliphatic heterocycles. The molecule has 1 atom stereocenters. The highest BCUT2D eigenvalue weighted by molar-refractivity contribution is 5.75. The summed E-state index contributed by atoms with van der Waals surface area (Å²) in [4.78, 5) is 8.25. The van der Waals surface area contributed by atoms with Crippen molar-refractivity contribution in [3.63, 3.8) is 0 Å². The molecule has 0 rings (SSSR count). The van der Waals surface area contributed by atoms with Crippen LogP contribution in [-0.2, 0) is 4.84 Å². The molecule has 64 valence electrons. The quantitative estimate of drug-likeness (QED) is 0.185. The van der Waals surface area contributed by atoms with Gasteiger partial charge in [0.25, 0.3) is 0 Å². The van der Waals surface area contributed by atoms with Crippen LogP contribution >= 0.6 is 0 Å². The van der Waals surface area contributed by atoms with Crippen molar-refractivity contribution in [3.8, 4) is 0 Å². The van der Waals surface area contributed by atoms with Crippen LogP contribution in [0.2, 0.25) is 0 Å². The zero-order valence-electron chi connectivity index (χ0n) is 6.16. The topological polar surface area (TPSA) is 136 Å². The minimum atomic E-state index is -0.566. The number of hydroxylamine groups is 1. The molecule has 7 nitrogen and oxygen atoms in total. The standard InChI is InChI=1S/C4H12N6O/c1-2(9-3(5)6)11-10-4(7)8/h2H,1H3,(H4,5,6,9)(H4,7,8,10). The van der Waals surface area contributed by atoms with E-state index in [9.17, 15) is 0 Å². The van der Waals surface area contributed by atoms with E-state index in [1.54, 1.807) is 6.92 Å². The van der Waals surface area contributed by atoms with E-state index in [-0.39, 0.29) is 11.9 Å². The van der Waals surface area contributed by atoms with Crippen LogP contribution in [0.1, 0.15) is 6.92 Å². The summed E-state index contributed by atoms with van der Waals surface area (Å²) in [7, 11) is 0. The van der Waals surface area contributed by atoms with Crippen molar-refractivity contribution in [2.75, 3.05) is 0 Å². The second-order valence-electron chi connectivity index (χ2n) is 1.79. The third-order valence-corrected chi connectivity index (χ3v) is 0.670. The van der Waals surface area contributed by atoms with Gasteiger partial charge in [-0.15, -0.1) is 0 Å². The molecule has 0 fully saturated rings. The lowest BCUT2D eigenvalue weighted by Gasteiger charge is -2.07. The fourth-order valence-electron chi connectivity index (χ4n) is 0.385. The van der Waals surface area contributed by atoms with Crippen LogP contribution in [0.25, 0.3) is 0 Å². The van der Waals surface area contributed by atoms with E-state index in [2.05, 4.69) is 15.3 Å². The Kier molecular flexibility index (Phi) is 3.75. The van der Waals surface area contributed by atoms with Crippen LogP contribution in [0.15, 0.2) is 4.99 Å². The van der Waals surface area contributed by atoms with Gasteiger partial charge in [0.1, 0.15) is 0 Å². The number of nitrogens with two attached hydrogens (primary N) is 3. The summed E-state index contributed by atoms with van der Waals surface area (Å²) < 4.78 is 0. The van der Waals surface area contributed by atoms with Gasteiger partial charge in [-0.3, -0.25) is 5.41 Å². The van der Waals surface area contributed by atoms with Gasteiger partial charge in [-0.25, -0.2) is 15.3 Å². The van der Waals surface area contributed by atoms with E-state index in [0.717, 1.165) is 0 Å². The lowest BCUT2D eigenvalue weighted by molar-refractivity contribution is 0.0261. The van der Waals surface area contributed by atoms with E-state index in [4.69, 9.17) is 22.6 Å². The number of rotatable bonds is 3. The van der Waals surface area contributed by atoms with Crippen molar-refractivity contribution in [1.29, 1.82) is 5.41 Å². The first-order valence-corrected chi connectivity index (χ1v) is 2.87. The first-order valence-electron chi connectivity index (χ1n) is 2.87. The minimum absolute atomic E-state index is 0.0807. The van der Waals surface area contributed by atoms with Gasteiger partial charge < -0.3 is 17.2 Å². The van der Waals surface area contributed by atoms with Gasteiger partial charge in [-0.2, -0.15) is 0 Å². The molecule has 0 aromatic heterocycles. The van der Waals surface area contributed by atoms with Crippen LogP contribution in [0, 0.1) is 5.41 Å². The molecule has 0 heterocycles. The van der Waals surface area contributed by atoms with Gasteiger partial charge in [0.05, 0.1) is 0 Å². The number of guanidine groups is 2. The number of nitrogens with zero attached hydrogens (tertiary/aromatic N) is 1. The fraction of sp³-hybridized carbons (Fsp3) is 0.500. The lowest BCUT2D eigenvalue weighted by atomic mass is 10.7. The Morgan fingerprint density at radius 3 is 2.45 bits per heavy atom. The number of aliphatic imine (C=N–C) groups is 1. The summed E-state index contributed by atoms with van der Waals surface area (Å²) in [6, 6.07) is 0. The van der Waals surface area contributed by atoms with Gasteiger partial charge in [-0.1, -0.05) is 0 Å². The molecule has 0 saturated heterocycles. The minimum Gasteiger partial charge on any atom is -0.370 e. The van der Waals surface area contributed by atoms with E-state index >= 15 is 0 Å². The molecule has 0 aromatic carbocycles. The van der Waals surface area contributed by atoms with Crippen molar-refractivity contribution in [3.05, 3.63) is 0 Å². The third-order valence-electron chi connectivity index (χ3n) is 0.670. The third kappa shape index (κ3) is 6.38. The Hall–Kier alpha value is -1.50. The molecule has 8 N–H and O–H groups in total. The molecule has 11 heavy (non-hydrogen) atoms. The monoisotopic (exact) mass is 160 g/mol. The van der Waals surface area contributed by atoms with Crippen LogP contribution in [0.3, 0.4) is 0 Å². The van der Waals surface area contributed by atoms with Crippen molar-refractivity contribution in [1.82, 2.24) is 5.48 Å². The molecular weight excluding hydrogens is 148 g/mol. The lowest BCUT2D eigenvalue weighted by Crippen LogP contribution is -2.34. The summed E-state index contributed by atoms with van der Waals surface area (Å²) in [5.74, 6) is -0.384.